The van der Waals surface area contributed by atoms with Gasteiger partial charge in [-0.25, -0.2) is 4.98 Å². The van der Waals surface area contributed by atoms with Gasteiger partial charge in [-0.1, -0.05) is 54.6 Å². The van der Waals surface area contributed by atoms with Crippen LogP contribution in [-0.2, 0) is 34.0 Å². The lowest BCUT2D eigenvalue weighted by molar-refractivity contribution is 0.0932. The van der Waals surface area contributed by atoms with Crippen LogP contribution in [0.15, 0.2) is 78.9 Å². The topological polar surface area (TPSA) is 115 Å². The molecule has 1 aliphatic rings. The zero-order valence-electron chi connectivity index (χ0n) is 25.5. The van der Waals surface area contributed by atoms with Crippen molar-refractivity contribution in [2.24, 2.45) is 7.05 Å². The summed E-state index contributed by atoms with van der Waals surface area (Å²) in [7, 11) is 1.16. The van der Waals surface area contributed by atoms with Gasteiger partial charge in [-0.3, -0.25) is 4.79 Å². The van der Waals surface area contributed by atoms with Crippen molar-refractivity contribution in [3.8, 4) is 5.75 Å². The summed E-state index contributed by atoms with van der Waals surface area (Å²) >= 11 is 0. The Bertz CT molecular complexity index is 1670. The minimum atomic E-state index is -3.85. The van der Waals surface area contributed by atoms with Crippen molar-refractivity contribution in [1.82, 2.24) is 23.9 Å². The monoisotopic (exact) mass is 619 g/mol. The number of methoxy groups -OCH3 is 2. The molecule has 4 aromatic rings. The van der Waals surface area contributed by atoms with Gasteiger partial charge in [-0.15, -0.1) is 0 Å². The van der Waals surface area contributed by atoms with Gasteiger partial charge in [0.05, 0.1) is 36.9 Å². The van der Waals surface area contributed by atoms with Crippen molar-refractivity contribution in [1.29, 1.82) is 0 Å². The van der Waals surface area contributed by atoms with Gasteiger partial charge < -0.3 is 19.4 Å². The Balaban J connectivity index is 1.29. The van der Waals surface area contributed by atoms with E-state index in [0.29, 0.717) is 49.4 Å². The molecule has 0 atom stereocenters. The molecule has 0 bridgehead atoms. The summed E-state index contributed by atoms with van der Waals surface area (Å²) in [4.78, 5) is 17.9. The number of imidazole rings is 1. The van der Waals surface area contributed by atoms with Crippen LogP contribution in [0.5, 0.6) is 5.75 Å². The molecule has 234 valence electrons. The van der Waals surface area contributed by atoms with Crippen LogP contribution in [0.2, 0.25) is 0 Å². The lowest BCUT2D eigenvalue weighted by atomic mass is 9.68. The summed E-state index contributed by atoms with van der Waals surface area (Å²) in [6.45, 7) is 1.02. The highest BCUT2D eigenvalue weighted by atomic mass is 32.2. The maximum atomic E-state index is 13.8. The van der Waals surface area contributed by atoms with Gasteiger partial charge in [0.15, 0.2) is 0 Å². The number of aromatic nitrogens is 2. The summed E-state index contributed by atoms with van der Waals surface area (Å²) in [5.74, 6) is 0.982. The largest absolute Gasteiger partial charge is 0.496 e. The fraction of sp³-hybridized carbons (Fsp3) is 0.394. The number of benzene rings is 3. The zero-order chi connectivity index (χ0) is 31.2. The molecule has 44 heavy (non-hydrogen) atoms. The van der Waals surface area contributed by atoms with E-state index in [1.807, 2.05) is 66.2 Å². The number of rotatable bonds is 13. The van der Waals surface area contributed by atoms with Gasteiger partial charge in [-0.2, -0.15) is 17.4 Å². The van der Waals surface area contributed by atoms with Crippen LogP contribution in [0, 0.1) is 0 Å². The number of nitrogens with one attached hydrogen (secondary N) is 2. The summed E-state index contributed by atoms with van der Waals surface area (Å²) in [5.41, 5.74) is 3.05. The number of nitrogens with zero attached hydrogens (tertiary/aromatic N) is 3. The Hall–Kier alpha value is -3.77. The number of carbonyl (C=O) groups excluding carboxylic acids is 1. The average molecular weight is 620 g/mol. The SMILES string of the molecule is COCCN(Cc1nc2ccccc2n1C)S(=O)(=O)N[C@H]1CC[C@](CNC(=O)c2ccccc2OC)(c2ccccc2)CC1. The third kappa shape index (κ3) is 6.96. The van der Waals surface area contributed by atoms with Crippen LogP contribution < -0.4 is 14.8 Å². The van der Waals surface area contributed by atoms with Crippen molar-refractivity contribution in [3.63, 3.8) is 0 Å². The molecule has 10 nitrogen and oxygen atoms in total. The second-order valence-corrected chi connectivity index (χ2v) is 13.0. The Labute approximate surface area is 259 Å². The number of aryl methyl sites for hydroxylation is 1. The van der Waals surface area contributed by atoms with E-state index < -0.39 is 10.2 Å². The molecule has 3 aromatic carbocycles. The van der Waals surface area contributed by atoms with E-state index in [9.17, 15) is 13.2 Å². The first-order valence-corrected chi connectivity index (χ1v) is 16.3. The van der Waals surface area contributed by atoms with Gasteiger partial charge in [0, 0.05) is 38.7 Å². The van der Waals surface area contributed by atoms with Gasteiger partial charge in [0.25, 0.3) is 16.1 Å². The van der Waals surface area contributed by atoms with Crippen molar-refractivity contribution in [2.75, 3.05) is 33.9 Å². The first-order chi connectivity index (χ1) is 21.3. The molecule has 2 N–H and O–H groups in total. The average Bonchev–Trinajstić information content (AvgIpc) is 3.37. The molecule has 11 heteroatoms. The van der Waals surface area contributed by atoms with E-state index in [1.54, 1.807) is 26.4 Å². The summed E-state index contributed by atoms with van der Waals surface area (Å²) in [6.07, 6.45) is 2.67. The fourth-order valence-electron chi connectivity index (χ4n) is 6.08. The summed E-state index contributed by atoms with van der Waals surface area (Å²) in [5, 5.41) is 3.14. The molecule has 1 aromatic heterocycles. The van der Waals surface area contributed by atoms with E-state index in [4.69, 9.17) is 9.47 Å². The maximum Gasteiger partial charge on any atom is 0.280 e. The lowest BCUT2D eigenvalue weighted by Gasteiger charge is -2.41. The fourth-order valence-corrected chi connectivity index (χ4v) is 7.49. The van der Waals surface area contributed by atoms with Crippen LogP contribution in [0.3, 0.4) is 0 Å². The lowest BCUT2D eigenvalue weighted by Crippen LogP contribution is -2.50. The molecule has 0 spiro atoms. The normalized spacial score (nSPS) is 18.9. The molecule has 0 radical (unpaired) electrons. The van der Waals surface area contributed by atoms with Crippen LogP contribution in [0.25, 0.3) is 11.0 Å². The Morgan fingerprint density at radius 1 is 1.00 bits per heavy atom. The van der Waals surface area contributed by atoms with Crippen LogP contribution in [0.1, 0.15) is 47.4 Å². The van der Waals surface area contributed by atoms with Gasteiger partial charge in [0.1, 0.15) is 11.6 Å². The smallest absolute Gasteiger partial charge is 0.280 e. The molecule has 1 saturated carbocycles. The Kier molecular flexibility index (Phi) is 10.00. The molecular formula is C33H41N5O5S. The molecule has 0 saturated heterocycles. The minimum absolute atomic E-state index is 0.125. The molecule has 1 amide bonds. The molecule has 0 unspecified atom stereocenters. The summed E-state index contributed by atoms with van der Waals surface area (Å²) in [6, 6.07) is 24.8. The highest BCUT2D eigenvalue weighted by Gasteiger charge is 2.39. The maximum absolute atomic E-state index is 13.8. The summed E-state index contributed by atoms with van der Waals surface area (Å²) < 4.78 is 44.5. The van der Waals surface area contributed by atoms with E-state index in [0.717, 1.165) is 16.6 Å². The number of para-hydroxylation sites is 3. The second-order valence-electron chi connectivity index (χ2n) is 11.3. The number of fused-ring (bicyclic) bond motifs is 1. The quantitative estimate of drug-likeness (QED) is 0.232. The Morgan fingerprint density at radius 3 is 2.39 bits per heavy atom. The third-order valence-corrected chi connectivity index (χ3v) is 10.3. The Morgan fingerprint density at radius 2 is 1.68 bits per heavy atom. The van der Waals surface area contributed by atoms with E-state index in [-0.39, 0.29) is 37.1 Å². The highest BCUT2D eigenvalue weighted by Crippen LogP contribution is 2.39. The molecular weight excluding hydrogens is 578 g/mol. The van der Waals surface area contributed by atoms with Gasteiger partial charge in [-0.05, 0) is 55.5 Å². The predicted molar refractivity (Wildman–Crippen MR) is 171 cm³/mol. The molecule has 1 fully saturated rings. The van der Waals surface area contributed by atoms with E-state index in [1.165, 1.54) is 4.31 Å². The highest BCUT2D eigenvalue weighted by molar-refractivity contribution is 7.87. The van der Waals surface area contributed by atoms with Crippen molar-refractivity contribution >= 4 is 27.1 Å². The second kappa shape index (κ2) is 13.9. The van der Waals surface area contributed by atoms with Gasteiger partial charge >= 0.3 is 0 Å². The number of ether oxygens (including phenoxy) is 2. The predicted octanol–water partition coefficient (Wildman–Crippen LogP) is 4.18. The van der Waals surface area contributed by atoms with Crippen molar-refractivity contribution < 1.29 is 22.7 Å². The molecule has 0 aliphatic heterocycles. The van der Waals surface area contributed by atoms with Gasteiger partial charge in [0.2, 0.25) is 0 Å². The number of hydrogen-bond acceptors (Lipinski definition) is 6. The standard InChI is InChI=1S/C33H41N5O5S/c1-37-29-15-9-8-14-28(29)35-31(37)23-38(21-22-42-2)44(40,41)36-26-17-19-33(20-18-26,25-11-5-4-6-12-25)24-34-32(39)27-13-7-10-16-30(27)43-3/h4-16,26,36H,17-24H2,1-3H3,(H,34,39)/t26-,33-. The van der Waals surface area contributed by atoms with Crippen molar-refractivity contribution in [3.05, 3.63) is 95.8 Å². The zero-order valence-corrected chi connectivity index (χ0v) is 26.3. The first-order valence-electron chi connectivity index (χ1n) is 14.9. The molecule has 1 aliphatic carbocycles. The van der Waals surface area contributed by atoms with Crippen LogP contribution in [0.4, 0.5) is 0 Å². The third-order valence-electron chi connectivity index (χ3n) is 8.67. The van der Waals surface area contributed by atoms with Crippen LogP contribution in [-0.4, -0.2) is 68.1 Å². The molecule has 1 heterocycles. The number of amides is 1. The van der Waals surface area contributed by atoms with Crippen molar-refractivity contribution in [2.45, 2.75) is 43.7 Å². The number of hydrogen-bond donors (Lipinski definition) is 2. The first kappa shape index (κ1) is 31.6. The van der Waals surface area contributed by atoms with E-state index in [2.05, 4.69) is 27.2 Å². The minimum Gasteiger partial charge on any atom is -0.496 e. The van der Waals surface area contributed by atoms with Crippen LogP contribution >= 0.6 is 0 Å². The van der Waals surface area contributed by atoms with E-state index >= 15 is 0 Å². The molecule has 5 rings (SSSR count). The number of carbonyl (C=O) groups is 1.